The first-order valence-corrected chi connectivity index (χ1v) is 10.2. The Morgan fingerprint density at radius 3 is 2.11 bits per heavy atom. The molecule has 0 radical (unpaired) electrons. The van der Waals surface area contributed by atoms with Gasteiger partial charge in [0.15, 0.2) is 0 Å². The minimum absolute atomic E-state index is 0. The highest BCUT2D eigenvalue weighted by atomic mass is 35.5. The SMILES string of the molecule is CNCCN(C=Cc1ccccc1)CCCO[Si](OOC)(OOC)OOC.Cl. The fraction of sp³-hybridized carbons (Fsp3) is 0.529. The van der Waals surface area contributed by atoms with Gasteiger partial charge >= 0.3 is 9.05 Å². The Kier molecular flexibility index (Phi) is 16.2. The number of nitrogens with zero attached hydrogens (tertiary/aromatic N) is 1. The Morgan fingerprint density at radius 2 is 1.57 bits per heavy atom. The van der Waals surface area contributed by atoms with Gasteiger partial charge < -0.3 is 14.6 Å². The Hall–Kier alpha value is -1.05. The van der Waals surface area contributed by atoms with Crippen LogP contribution < -0.4 is 5.32 Å². The minimum atomic E-state index is -3.68. The monoisotopic (exact) mass is 438 g/mol. The third-order valence-electron chi connectivity index (χ3n) is 3.35. The van der Waals surface area contributed by atoms with Crippen molar-refractivity contribution in [3.8, 4) is 0 Å². The first-order valence-electron chi connectivity index (χ1n) is 8.61. The summed E-state index contributed by atoms with van der Waals surface area (Å²) in [6, 6.07) is 10.1. The lowest BCUT2D eigenvalue weighted by atomic mass is 10.2. The molecule has 0 atom stereocenters. The molecule has 1 aromatic carbocycles. The molecular weight excluding hydrogens is 408 g/mol. The van der Waals surface area contributed by atoms with E-state index >= 15 is 0 Å². The number of benzene rings is 1. The van der Waals surface area contributed by atoms with Gasteiger partial charge in [-0.05, 0) is 31.3 Å². The van der Waals surface area contributed by atoms with Crippen LogP contribution in [-0.4, -0.2) is 68.6 Å². The number of likely N-dealkylation sites (N-methyl/N-ethyl adjacent to an activating group) is 1. The standard InChI is InChI=1S/C17H30N2O7Si.ClH/c1-18-12-15-19(14-11-17-9-6-5-7-10-17)13-8-16-23-27(24-20-2,25-21-3)26-22-4;/h5-7,9-11,14,18H,8,12-13,15-16H2,1-4H3;1H. The maximum atomic E-state index is 5.60. The van der Waals surface area contributed by atoms with E-state index in [9.17, 15) is 0 Å². The van der Waals surface area contributed by atoms with Crippen LogP contribution in [0.2, 0.25) is 0 Å². The summed E-state index contributed by atoms with van der Waals surface area (Å²) in [7, 11) is 2.19. The van der Waals surface area contributed by atoms with Gasteiger partial charge in [-0.2, -0.15) is 13.7 Å². The summed E-state index contributed by atoms with van der Waals surface area (Å²) >= 11 is 0. The van der Waals surface area contributed by atoms with Crippen molar-refractivity contribution in [1.82, 2.24) is 10.2 Å². The van der Waals surface area contributed by atoms with Gasteiger partial charge in [0.2, 0.25) is 0 Å². The van der Waals surface area contributed by atoms with Crippen molar-refractivity contribution in [1.29, 1.82) is 0 Å². The van der Waals surface area contributed by atoms with E-state index in [1.807, 2.05) is 25.2 Å². The van der Waals surface area contributed by atoms with Crippen molar-refractivity contribution in [3.05, 3.63) is 42.1 Å². The van der Waals surface area contributed by atoms with E-state index in [2.05, 4.69) is 49.3 Å². The van der Waals surface area contributed by atoms with Gasteiger partial charge in [-0.15, -0.1) is 12.4 Å². The van der Waals surface area contributed by atoms with Crippen LogP contribution in [0, 0.1) is 0 Å². The molecule has 11 heteroatoms. The van der Waals surface area contributed by atoms with E-state index in [1.165, 1.54) is 21.3 Å². The minimum Gasteiger partial charge on any atom is -0.376 e. The van der Waals surface area contributed by atoms with E-state index in [-0.39, 0.29) is 12.4 Å². The first kappa shape index (κ1) is 26.9. The molecule has 1 rings (SSSR count). The van der Waals surface area contributed by atoms with E-state index in [4.69, 9.17) is 18.2 Å². The quantitative estimate of drug-likeness (QED) is 0.181. The maximum Gasteiger partial charge on any atom is 0.764 e. The van der Waals surface area contributed by atoms with Crippen LogP contribution in [0.5, 0.6) is 0 Å². The van der Waals surface area contributed by atoms with Gasteiger partial charge in [-0.3, -0.25) is 0 Å². The van der Waals surface area contributed by atoms with Crippen molar-refractivity contribution in [2.24, 2.45) is 0 Å². The number of hydrogen-bond acceptors (Lipinski definition) is 9. The largest absolute Gasteiger partial charge is 0.764 e. The Balaban J connectivity index is 0.00000729. The molecule has 0 bridgehead atoms. The van der Waals surface area contributed by atoms with E-state index in [0.717, 1.165) is 25.2 Å². The molecule has 1 aromatic rings. The highest BCUT2D eigenvalue weighted by Gasteiger charge is 2.51. The normalized spacial score (nSPS) is 11.6. The van der Waals surface area contributed by atoms with Crippen molar-refractivity contribution < 1.29 is 32.8 Å². The second-order valence-electron chi connectivity index (χ2n) is 5.32. The highest BCUT2D eigenvalue weighted by molar-refractivity contribution is 6.52. The van der Waals surface area contributed by atoms with Crippen LogP contribution in [0.4, 0.5) is 0 Å². The molecular formula is C17H31ClN2O7Si. The summed E-state index contributed by atoms with van der Waals surface area (Å²) in [6.07, 6.45) is 4.84. The first-order chi connectivity index (χ1) is 13.2. The van der Waals surface area contributed by atoms with Crippen LogP contribution in [0.1, 0.15) is 12.0 Å². The molecule has 0 saturated carbocycles. The van der Waals surface area contributed by atoms with Crippen LogP contribution in [-0.2, 0) is 32.8 Å². The van der Waals surface area contributed by atoms with Gasteiger partial charge in [-0.25, -0.2) is 14.7 Å². The molecule has 0 fully saturated rings. The maximum absolute atomic E-state index is 5.60. The Bertz CT molecular complexity index is 497. The van der Waals surface area contributed by atoms with Gasteiger partial charge in [0.1, 0.15) is 0 Å². The van der Waals surface area contributed by atoms with Crippen LogP contribution in [0.15, 0.2) is 36.5 Å². The summed E-state index contributed by atoms with van der Waals surface area (Å²) in [5.74, 6) is 0. The molecule has 0 unspecified atom stereocenters. The molecule has 0 aliphatic carbocycles. The summed E-state index contributed by atoms with van der Waals surface area (Å²) in [4.78, 5) is 16.1. The molecule has 9 nitrogen and oxygen atoms in total. The van der Waals surface area contributed by atoms with Gasteiger partial charge in [0.25, 0.3) is 0 Å². The average Bonchev–Trinajstić information content (AvgIpc) is 2.68. The fourth-order valence-electron chi connectivity index (χ4n) is 2.16. The molecule has 0 amide bonds. The van der Waals surface area contributed by atoms with Crippen LogP contribution >= 0.6 is 12.4 Å². The lowest BCUT2D eigenvalue weighted by Crippen LogP contribution is -2.49. The summed E-state index contributed by atoms with van der Waals surface area (Å²) in [5, 5.41) is 3.15. The molecule has 28 heavy (non-hydrogen) atoms. The summed E-state index contributed by atoms with van der Waals surface area (Å²) in [6.45, 7) is 2.80. The second-order valence-corrected chi connectivity index (χ2v) is 7.11. The third-order valence-corrected chi connectivity index (χ3v) is 5.02. The summed E-state index contributed by atoms with van der Waals surface area (Å²) in [5.41, 5.74) is 1.14. The lowest BCUT2D eigenvalue weighted by molar-refractivity contribution is -0.370. The number of hydrogen-bond donors (Lipinski definition) is 1. The fourth-order valence-corrected chi connectivity index (χ4v) is 3.39. The molecule has 1 N–H and O–H groups in total. The van der Waals surface area contributed by atoms with Gasteiger partial charge in [0.05, 0.1) is 21.3 Å². The predicted octanol–water partition coefficient (Wildman–Crippen LogP) is 2.18. The van der Waals surface area contributed by atoms with E-state index in [1.54, 1.807) is 0 Å². The van der Waals surface area contributed by atoms with Crippen molar-refractivity contribution >= 4 is 27.5 Å². The molecule has 0 saturated heterocycles. The molecule has 162 valence electrons. The topological polar surface area (TPSA) is 79.9 Å². The van der Waals surface area contributed by atoms with E-state index < -0.39 is 9.05 Å². The van der Waals surface area contributed by atoms with Crippen LogP contribution in [0.3, 0.4) is 0 Å². The summed E-state index contributed by atoms with van der Waals surface area (Å²) < 4.78 is 20.5. The zero-order chi connectivity index (χ0) is 19.8. The lowest BCUT2D eigenvalue weighted by Gasteiger charge is -2.24. The van der Waals surface area contributed by atoms with Crippen molar-refractivity contribution in [2.75, 3.05) is 54.6 Å². The van der Waals surface area contributed by atoms with Gasteiger partial charge in [-0.1, -0.05) is 30.3 Å². The molecule has 0 aliphatic heterocycles. The molecule has 0 heterocycles. The second kappa shape index (κ2) is 16.9. The predicted molar refractivity (Wildman–Crippen MR) is 109 cm³/mol. The highest BCUT2D eigenvalue weighted by Crippen LogP contribution is 2.13. The zero-order valence-electron chi connectivity index (χ0n) is 16.8. The smallest absolute Gasteiger partial charge is 0.376 e. The van der Waals surface area contributed by atoms with Gasteiger partial charge in [0, 0.05) is 26.2 Å². The number of rotatable bonds is 16. The average molecular weight is 439 g/mol. The van der Waals surface area contributed by atoms with Crippen LogP contribution in [0.25, 0.3) is 6.08 Å². The molecule has 0 aromatic heterocycles. The Labute approximate surface area is 174 Å². The van der Waals surface area contributed by atoms with Crippen molar-refractivity contribution in [2.45, 2.75) is 6.42 Å². The van der Waals surface area contributed by atoms with E-state index in [0.29, 0.717) is 13.0 Å². The zero-order valence-corrected chi connectivity index (χ0v) is 18.6. The number of halogens is 1. The van der Waals surface area contributed by atoms with Crippen molar-refractivity contribution in [3.63, 3.8) is 0 Å². The Morgan fingerprint density at radius 1 is 0.964 bits per heavy atom. The molecule has 0 aliphatic rings. The molecule has 0 spiro atoms. The third kappa shape index (κ3) is 11.1. The number of nitrogens with one attached hydrogen (secondary N) is 1.